The van der Waals surface area contributed by atoms with Crippen LogP contribution in [-0.2, 0) is 6.61 Å². The van der Waals surface area contributed by atoms with Crippen molar-refractivity contribution in [2.45, 2.75) is 26.9 Å². The Balaban J connectivity index is 1.71. The van der Waals surface area contributed by atoms with Crippen LogP contribution in [-0.4, -0.2) is 11.5 Å². The highest BCUT2D eigenvalue weighted by Gasteiger charge is 2.05. The van der Waals surface area contributed by atoms with Gasteiger partial charge in [0.15, 0.2) is 5.13 Å². The van der Waals surface area contributed by atoms with Crippen LogP contribution in [0.3, 0.4) is 0 Å². The molecular formula is C18H20N2OS. The number of aryl methyl sites for hydroxylation is 1. The molecular weight excluding hydrogens is 292 g/mol. The van der Waals surface area contributed by atoms with E-state index < -0.39 is 0 Å². The molecule has 1 N–H and O–H groups in total. The molecule has 0 aliphatic rings. The molecule has 2 aromatic carbocycles. The van der Waals surface area contributed by atoms with Gasteiger partial charge in [0.1, 0.15) is 12.4 Å². The molecule has 0 saturated heterocycles. The second-order valence-electron chi connectivity index (χ2n) is 5.35. The molecule has 0 aliphatic heterocycles. The molecule has 0 bridgehead atoms. The average molecular weight is 312 g/mol. The quantitative estimate of drug-likeness (QED) is 0.695. The van der Waals surface area contributed by atoms with Gasteiger partial charge >= 0.3 is 0 Å². The summed E-state index contributed by atoms with van der Waals surface area (Å²) in [4.78, 5) is 4.57. The van der Waals surface area contributed by atoms with Crippen molar-refractivity contribution in [3.63, 3.8) is 0 Å². The van der Waals surface area contributed by atoms with Gasteiger partial charge in [-0.25, -0.2) is 4.98 Å². The van der Waals surface area contributed by atoms with Gasteiger partial charge in [0.05, 0.1) is 10.2 Å². The molecule has 0 spiro atoms. The van der Waals surface area contributed by atoms with E-state index in [9.17, 15) is 0 Å². The second kappa shape index (κ2) is 6.79. The summed E-state index contributed by atoms with van der Waals surface area (Å²) in [5.41, 5.74) is 3.46. The second-order valence-corrected chi connectivity index (χ2v) is 6.38. The maximum Gasteiger partial charge on any atom is 0.183 e. The third kappa shape index (κ3) is 3.57. The summed E-state index contributed by atoms with van der Waals surface area (Å²) in [7, 11) is 0. The van der Waals surface area contributed by atoms with E-state index >= 15 is 0 Å². The lowest BCUT2D eigenvalue weighted by atomic mass is 10.1. The van der Waals surface area contributed by atoms with Gasteiger partial charge in [0.25, 0.3) is 0 Å². The number of thiazole rings is 1. The normalized spacial score (nSPS) is 10.8. The highest BCUT2D eigenvalue weighted by atomic mass is 32.1. The number of fused-ring (bicyclic) bond motifs is 1. The zero-order chi connectivity index (χ0) is 15.4. The summed E-state index contributed by atoms with van der Waals surface area (Å²) in [6, 6.07) is 14.5. The lowest BCUT2D eigenvalue weighted by Crippen LogP contribution is -1.98. The SMILES string of the molecule is CCCNc1nc2ccc(OCc3cccc(C)c3)cc2s1. The van der Waals surface area contributed by atoms with Crippen LogP contribution in [0.4, 0.5) is 5.13 Å². The molecule has 1 heterocycles. The van der Waals surface area contributed by atoms with Crippen LogP contribution in [0.2, 0.25) is 0 Å². The number of rotatable bonds is 6. The van der Waals surface area contributed by atoms with Crippen molar-refractivity contribution in [1.29, 1.82) is 0 Å². The molecule has 22 heavy (non-hydrogen) atoms. The summed E-state index contributed by atoms with van der Waals surface area (Å²) < 4.78 is 7.06. The van der Waals surface area contributed by atoms with Gasteiger partial charge in [0.2, 0.25) is 0 Å². The minimum Gasteiger partial charge on any atom is -0.489 e. The number of aromatic nitrogens is 1. The first-order valence-corrected chi connectivity index (χ1v) is 8.39. The Kier molecular flexibility index (Phi) is 4.59. The average Bonchev–Trinajstić information content (AvgIpc) is 2.93. The predicted molar refractivity (Wildman–Crippen MR) is 93.9 cm³/mol. The van der Waals surface area contributed by atoms with Crippen LogP contribution < -0.4 is 10.1 Å². The molecule has 3 rings (SSSR count). The number of ether oxygens (including phenoxy) is 1. The van der Waals surface area contributed by atoms with Crippen LogP contribution in [0.1, 0.15) is 24.5 Å². The number of anilines is 1. The molecule has 0 amide bonds. The standard InChI is InChI=1S/C18H20N2OS/c1-3-9-19-18-20-16-8-7-15(11-17(16)22-18)21-12-14-6-4-5-13(2)10-14/h4-8,10-11H,3,9,12H2,1-2H3,(H,19,20). The third-order valence-electron chi connectivity index (χ3n) is 3.37. The zero-order valence-electron chi connectivity index (χ0n) is 12.9. The van der Waals surface area contributed by atoms with Gasteiger partial charge in [-0.15, -0.1) is 0 Å². The van der Waals surface area contributed by atoms with E-state index in [0.717, 1.165) is 34.1 Å². The Labute approximate surface area is 135 Å². The number of hydrogen-bond donors (Lipinski definition) is 1. The first-order valence-electron chi connectivity index (χ1n) is 7.57. The largest absolute Gasteiger partial charge is 0.489 e. The van der Waals surface area contributed by atoms with Crippen molar-refractivity contribution in [2.75, 3.05) is 11.9 Å². The Bertz CT molecular complexity index is 767. The molecule has 0 saturated carbocycles. The zero-order valence-corrected chi connectivity index (χ0v) is 13.7. The highest BCUT2D eigenvalue weighted by molar-refractivity contribution is 7.22. The summed E-state index contributed by atoms with van der Waals surface area (Å²) >= 11 is 1.67. The van der Waals surface area contributed by atoms with Gasteiger partial charge in [-0.1, -0.05) is 48.1 Å². The van der Waals surface area contributed by atoms with E-state index in [1.807, 2.05) is 12.1 Å². The predicted octanol–water partition coefficient (Wildman–Crippen LogP) is 5.01. The Morgan fingerprint density at radius 2 is 2.09 bits per heavy atom. The van der Waals surface area contributed by atoms with E-state index in [2.05, 4.69) is 54.5 Å². The minimum absolute atomic E-state index is 0.590. The Morgan fingerprint density at radius 3 is 2.91 bits per heavy atom. The van der Waals surface area contributed by atoms with E-state index in [0.29, 0.717) is 6.61 Å². The summed E-state index contributed by atoms with van der Waals surface area (Å²) in [5.74, 6) is 0.889. The fourth-order valence-corrected chi connectivity index (χ4v) is 3.19. The van der Waals surface area contributed by atoms with E-state index in [-0.39, 0.29) is 0 Å². The maximum atomic E-state index is 5.90. The summed E-state index contributed by atoms with van der Waals surface area (Å²) in [5, 5.41) is 4.31. The Morgan fingerprint density at radius 1 is 1.18 bits per heavy atom. The molecule has 114 valence electrons. The van der Waals surface area contributed by atoms with E-state index in [1.165, 1.54) is 11.1 Å². The van der Waals surface area contributed by atoms with Crippen molar-refractivity contribution in [2.24, 2.45) is 0 Å². The smallest absolute Gasteiger partial charge is 0.183 e. The van der Waals surface area contributed by atoms with Crippen molar-refractivity contribution >= 4 is 26.7 Å². The lowest BCUT2D eigenvalue weighted by Gasteiger charge is -2.06. The monoisotopic (exact) mass is 312 g/mol. The molecule has 0 fully saturated rings. The molecule has 3 aromatic rings. The summed E-state index contributed by atoms with van der Waals surface area (Å²) in [6.07, 6.45) is 1.10. The van der Waals surface area contributed by atoms with Crippen LogP contribution >= 0.6 is 11.3 Å². The first kappa shape index (κ1) is 14.9. The number of nitrogens with zero attached hydrogens (tertiary/aromatic N) is 1. The van der Waals surface area contributed by atoms with Crippen LogP contribution in [0.15, 0.2) is 42.5 Å². The topological polar surface area (TPSA) is 34.2 Å². The molecule has 4 heteroatoms. The molecule has 0 atom stereocenters. The van der Waals surface area contributed by atoms with Gasteiger partial charge in [-0.2, -0.15) is 0 Å². The maximum absolute atomic E-state index is 5.90. The van der Waals surface area contributed by atoms with Gasteiger partial charge in [-0.3, -0.25) is 0 Å². The van der Waals surface area contributed by atoms with Gasteiger partial charge < -0.3 is 10.1 Å². The van der Waals surface area contributed by atoms with E-state index in [1.54, 1.807) is 11.3 Å². The van der Waals surface area contributed by atoms with Gasteiger partial charge in [0, 0.05) is 6.54 Å². The Hall–Kier alpha value is -2.07. The van der Waals surface area contributed by atoms with Crippen LogP contribution in [0.25, 0.3) is 10.2 Å². The first-order chi connectivity index (χ1) is 10.7. The lowest BCUT2D eigenvalue weighted by molar-refractivity contribution is 0.306. The van der Waals surface area contributed by atoms with E-state index in [4.69, 9.17) is 4.74 Å². The van der Waals surface area contributed by atoms with Crippen molar-refractivity contribution in [3.8, 4) is 5.75 Å². The van der Waals surface area contributed by atoms with Crippen LogP contribution in [0.5, 0.6) is 5.75 Å². The minimum atomic E-state index is 0.590. The number of hydrogen-bond acceptors (Lipinski definition) is 4. The van der Waals surface area contributed by atoms with Crippen LogP contribution in [0, 0.1) is 6.92 Å². The fourth-order valence-electron chi connectivity index (χ4n) is 2.27. The summed E-state index contributed by atoms with van der Waals surface area (Å²) in [6.45, 7) is 5.79. The highest BCUT2D eigenvalue weighted by Crippen LogP contribution is 2.29. The fraction of sp³-hybridized carbons (Fsp3) is 0.278. The molecule has 0 aliphatic carbocycles. The van der Waals surface area contributed by atoms with Gasteiger partial charge in [-0.05, 0) is 37.1 Å². The molecule has 0 radical (unpaired) electrons. The third-order valence-corrected chi connectivity index (χ3v) is 4.35. The van der Waals surface area contributed by atoms with Crippen molar-refractivity contribution < 1.29 is 4.74 Å². The molecule has 1 aromatic heterocycles. The number of nitrogens with one attached hydrogen (secondary N) is 1. The molecule has 0 unspecified atom stereocenters. The van der Waals surface area contributed by atoms with Crippen molar-refractivity contribution in [1.82, 2.24) is 4.98 Å². The molecule has 3 nitrogen and oxygen atoms in total. The number of benzene rings is 2. The van der Waals surface area contributed by atoms with Crippen molar-refractivity contribution in [3.05, 3.63) is 53.6 Å².